The van der Waals surface area contributed by atoms with E-state index in [-0.39, 0.29) is 6.09 Å². The van der Waals surface area contributed by atoms with Gasteiger partial charge < -0.3 is 9.47 Å². The van der Waals surface area contributed by atoms with Gasteiger partial charge in [0.1, 0.15) is 12.4 Å². The van der Waals surface area contributed by atoms with Crippen molar-refractivity contribution in [2.75, 3.05) is 30.5 Å². The molecule has 1 aromatic carbocycles. The Balaban J connectivity index is 2.28. The third-order valence-corrected chi connectivity index (χ3v) is 3.30. The minimum Gasteiger partial charge on any atom is -0.496 e. The van der Waals surface area contributed by atoms with Crippen molar-refractivity contribution in [1.82, 2.24) is 0 Å². The second-order valence-electron chi connectivity index (χ2n) is 4.05. The van der Waals surface area contributed by atoms with E-state index in [0.717, 1.165) is 17.5 Å². The Morgan fingerprint density at radius 1 is 1.53 bits per heavy atom. The highest BCUT2D eigenvalue weighted by Gasteiger charge is 2.27. The van der Waals surface area contributed by atoms with Crippen molar-refractivity contribution < 1.29 is 19.1 Å². The molecule has 0 saturated carbocycles. The molecule has 0 atom stereocenters. The van der Waals surface area contributed by atoms with Crippen LogP contribution < -0.4 is 9.64 Å². The van der Waals surface area contributed by atoms with Crippen LogP contribution in [0.1, 0.15) is 15.9 Å². The highest BCUT2D eigenvalue weighted by atomic mass is 79.9. The highest BCUT2D eigenvalue weighted by molar-refractivity contribution is 9.09. The molecule has 0 N–H and O–H groups in total. The SMILES string of the molecule is COc1cc2c(cc1C=O)CCN2C(=O)OCCBr. The van der Waals surface area contributed by atoms with Gasteiger partial charge in [0, 0.05) is 17.9 Å². The van der Waals surface area contributed by atoms with Crippen molar-refractivity contribution in [3.8, 4) is 5.75 Å². The van der Waals surface area contributed by atoms with Gasteiger partial charge in [-0.2, -0.15) is 0 Å². The maximum absolute atomic E-state index is 11.9. The molecule has 19 heavy (non-hydrogen) atoms. The summed E-state index contributed by atoms with van der Waals surface area (Å²) in [5.41, 5.74) is 2.21. The van der Waals surface area contributed by atoms with E-state index in [0.29, 0.717) is 36.2 Å². The molecule has 0 aromatic heterocycles. The summed E-state index contributed by atoms with van der Waals surface area (Å²) in [5, 5.41) is 0.604. The standard InChI is InChI=1S/C13H14BrNO4/c1-18-12-7-11-9(6-10(12)8-16)2-4-15(11)13(17)19-5-3-14/h6-8H,2-5H2,1H3. The molecular formula is C13H14BrNO4. The van der Waals surface area contributed by atoms with Gasteiger partial charge in [0.25, 0.3) is 0 Å². The molecule has 102 valence electrons. The summed E-state index contributed by atoms with van der Waals surface area (Å²) >= 11 is 3.21. The Morgan fingerprint density at radius 2 is 2.32 bits per heavy atom. The van der Waals surface area contributed by atoms with Gasteiger partial charge in [-0.25, -0.2) is 4.79 Å². The number of hydrogen-bond donors (Lipinski definition) is 0. The number of aldehydes is 1. The average molecular weight is 328 g/mol. The van der Waals surface area contributed by atoms with E-state index in [9.17, 15) is 9.59 Å². The highest BCUT2D eigenvalue weighted by Crippen LogP contribution is 2.34. The molecule has 1 aromatic rings. The fraction of sp³-hybridized carbons (Fsp3) is 0.385. The van der Waals surface area contributed by atoms with Crippen LogP contribution in [0, 0.1) is 0 Å². The molecule has 0 fully saturated rings. The lowest BCUT2D eigenvalue weighted by Gasteiger charge is -2.17. The Morgan fingerprint density at radius 3 is 2.95 bits per heavy atom. The normalized spacial score (nSPS) is 13.1. The van der Waals surface area contributed by atoms with Crippen LogP contribution >= 0.6 is 15.9 Å². The molecule has 0 radical (unpaired) electrons. The number of alkyl halides is 1. The minimum absolute atomic E-state index is 0.328. The van der Waals surface area contributed by atoms with Gasteiger partial charge in [0.15, 0.2) is 6.29 Å². The van der Waals surface area contributed by atoms with Crippen molar-refractivity contribution in [2.24, 2.45) is 0 Å². The maximum atomic E-state index is 11.9. The molecule has 6 heteroatoms. The second-order valence-corrected chi connectivity index (χ2v) is 4.84. The second kappa shape index (κ2) is 6.06. The first-order chi connectivity index (χ1) is 9.21. The summed E-state index contributed by atoms with van der Waals surface area (Å²) in [4.78, 5) is 24.4. The quantitative estimate of drug-likeness (QED) is 0.629. The van der Waals surface area contributed by atoms with Crippen molar-refractivity contribution in [1.29, 1.82) is 0 Å². The number of carbonyl (C=O) groups excluding carboxylic acids is 2. The molecule has 1 aliphatic heterocycles. The van der Waals surface area contributed by atoms with Crippen molar-refractivity contribution in [2.45, 2.75) is 6.42 Å². The monoisotopic (exact) mass is 327 g/mol. The van der Waals surface area contributed by atoms with Gasteiger partial charge in [0.2, 0.25) is 0 Å². The smallest absolute Gasteiger partial charge is 0.414 e. The summed E-state index contributed by atoms with van der Waals surface area (Å²) in [7, 11) is 1.50. The summed E-state index contributed by atoms with van der Waals surface area (Å²) in [5.74, 6) is 0.467. The van der Waals surface area contributed by atoms with Crippen LogP contribution in [0.3, 0.4) is 0 Å². The van der Waals surface area contributed by atoms with Gasteiger partial charge in [-0.05, 0) is 18.1 Å². The van der Waals surface area contributed by atoms with Crippen LogP contribution in [0.25, 0.3) is 0 Å². The van der Waals surface area contributed by atoms with Gasteiger partial charge >= 0.3 is 6.09 Å². The molecule has 5 nitrogen and oxygen atoms in total. The number of ether oxygens (including phenoxy) is 2. The van der Waals surface area contributed by atoms with Gasteiger partial charge in [0.05, 0.1) is 18.4 Å². The number of anilines is 1. The number of fused-ring (bicyclic) bond motifs is 1. The Labute approximate surface area is 119 Å². The Kier molecular flexibility index (Phi) is 4.42. The summed E-state index contributed by atoms with van der Waals surface area (Å²) in [6.07, 6.45) is 1.09. The lowest BCUT2D eigenvalue weighted by molar-refractivity contribution is 0.112. The number of benzene rings is 1. The van der Waals surface area contributed by atoms with Crippen LogP contribution in [-0.2, 0) is 11.2 Å². The molecule has 1 heterocycles. The van der Waals surface area contributed by atoms with Gasteiger partial charge in [-0.3, -0.25) is 9.69 Å². The lowest BCUT2D eigenvalue weighted by atomic mass is 10.1. The molecular weight excluding hydrogens is 314 g/mol. The number of carbonyl (C=O) groups is 2. The van der Waals surface area contributed by atoms with Gasteiger partial charge in [-0.1, -0.05) is 15.9 Å². The Hall–Kier alpha value is -1.56. The van der Waals surface area contributed by atoms with E-state index in [1.54, 1.807) is 17.0 Å². The predicted octanol–water partition coefficient (Wildman–Crippen LogP) is 2.40. The Bertz CT molecular complexity index is 504. The number of methoxy groups -OCH3 is 1. The predicted molar refractivity (Wildman–Crippen MR) is 74.6 cm³/mol. The van der Waals surface area contributed by atoms with E-state index >= 15 is 0 Å². The van der Waals surface area contributed by atoms with Crippen molar-refractivity contribution >= 4 is 34.0 Å². The summed E-state index contributed by atoms with van der Waals surface area (Å²) in [6, 6.07) is 3.47. The average Bonchev–Trinajstić information content (AvgIpc) is 2.85. The van der Waals surface area contributed by atoms with E-state index < -0.39 is 0 Å². The van der Waals surface area contributed by atoms with Crippen LogP contribution in [0.15, 0.2) is 12.1 Å². The van der Waals surface area contributed by atoms with E-state index in [2.05, 4.69) is 15.9 Å². The fourth-order valence-electron chi connectivity index (χ4n) is 2.10. The first-order valence-electron chi connectivity index (χ1n) is 5.87. The lowest BCUT2D eigenvalue weighted by Crippen LogP contribution is -2.30. The molecule has 0 aliphatic carbocycles. The number of amides is 1. The minimum atomic E-state index is -0.376. The first kappa shape index (κ1) is 13.9. The third kappa shape index (κ3) is 2.73. The van der Waals surface area contributed by atoms with E-state index in [1.807, 2.05) is 0 Å². The van der Waals surface area contributed by atoms with Crippen molar-refractivity contribution in [3.05, 3.63) is 23.3 Å². The molecule has 1 amide bonds. The van der Waals surface area contributed by atoms with Crippen LogP contribution in [0.2, 0.25) is 0 Å². The topological polar surface area (TPSA) is 55.8 Å². The zero-order valence-corrected chi connectivity index (χ0v) is 12.1. The number of nitrogens with zero attached hydrogens (tertiary/aromatic N) is 1. The molecule has 0 bridgehead atoms. The summed E-state index contributed by atoms with van der Waals surface area (Å²) in [6.45, 7) is 0.885. The molecule has 1 aliphatic rings. The first-order valence-corrected chi connectivity index (χ1v) is 6.99. The number of hydrogen-bond acceptors (Lipinski definition) is 4. The number of rotatable bonds is 4. The fourth-order valence-corrected chi connectivity index (χ4v) is 2.26. The molecule has 0 spiro atoms. The zero-order chi connectivity index (χ0) is 13.8. The van der Waals surface area contributed by atoms with Crippen LogP contribution in [0.4, 0.5) is 10.5 Å². The largest absolute Gasteiger partial charge is 0.496 e. The van der Waals surface area contributed by atoms with Crippen LogP contribution in [-0.4, -0.2) is 38.0 Å². The molecule has 0 saturated heterocycles. The van der Waals surface area contributed by atoms with Crippen molar-refractivity contribution in [3.63, 3.8) is 0 Å². The van der Waals surface area contributed by atoms with Crippen LogP contribution in [0.5, 0.6) is 5.75 Å². The third-order valence-electron chi connectivity index (χ3n) is 2.98. The van der Waals surface area contributed by atoms with E-state index in [4.69, 9.17) is 9.47 Å². The van der Waals surface area contributed by atoms with E-state index in [1.165, 1.54) is 7.11 Å². The van der Waals surface area contributed by atoms with Gasteiger partial charge in [-0.15, -0.1) is 0 Å². The molecule has 2 rings (SSSR count). The maximum Gasteiger partial charge on any atom is 0.414 e. The number of halogens is 1. The zero-order valence-electron chi connectivity index (χ0n) is 10.5. The molecule has 0 unspecified atom stereocenters. The summed E-state index contributed by atoms with van der Waals surface area (Å²) < 4.78 is 10.2.